The van der Waals surface area contributed by atoms with Crippen molar-refractivity contribution in [1.82, 2.24) is 15.3 Å². The Morgan fingerprint density at radius 3 is 2.48 bits per heavy atom. The lowest BCUT2D eigenvalue weighted by Crippen LogP contribution is -2.36. The Bertz CT molecular complexity index is 1240. The van der Waals surface area contributed by atoms with Gasteiger partial charge in [0.2, 0.25) is 0 Å². The molecule has 0 spiro atoms. The summed E-state index contributed by atoms with van der Waals surface area (Å²) >= 11 is 0. The van der Waals surface area contributed by atoms with E-state index in [9.17, 15) is 9.90 Å². The van der Waals surface area contributed by atoms with E-state index in [0.29, 0.717) is 18.2 Å². The van der Waals surface area contributed by atoms with Crippen molar-refractivity contribution >= 4 is 22.6 Å². The third kappa shape index (κ3) is 5.00. The number of hydrogen-bond acceptors (Lipinski definition) is 4. The van der Waals surface area contributed by atoms with Gasteiger partial charge in [0, 0.05) is 29.4 Å². The van der Waals surface area contributed by atoms with Gasteiger partial charge in [-0.3, -0.25) is 4.79 Å². The van der Waals surface area contributed by atoms with Gasteiger partial charge in [-0.1, -0.05) is 43.5 Å². The second-order valence-electron chi connectivity index (χ2n) is 8.72. The van der Waals surface area contributed by atoms with Crippen molar-refractivity contribution in [2.24, 2.45) is 0 Å². The molecule has 1 amide bonds. The summed E-state index contributed by atoms with van der Waals surface area (Å²) in [5.74, 6) is 1.03. The molecule has 6 nitrogen and oxygen atoms in total. The number of rotatable bonds is 6. The quantitative estimate of drug-likeness (QED) is 0.293. The maximum absolute atomic E-state index is 12.7. The van der Waals surface area contributed by atoms with Crippen molar-refractivity contribution < 1.29 is 9.90 Å². The summed E-state index contributed by atoms with van der Waals surface area (Å²) in [6.45, 7) is 0.685. The Labute approximate surface area is 193 Å². The fourth-order valence-corrected chi connectivity index (χ4v) is 4.37. The van der Waals surface area contributed by atoms with Crippen molar-refractivity contribution in [2.75, 3.05) is 5.32 Å². The van der Waals surface area contributed by atoms with Crippen LogP contribution in [-0.4, -0.2) is 27.0 Å². The number of phenolic OH excluding ortho intramolecular Hbond substituents is 1. The molecule has 0 radical (unpaired) electrons. The second kappa shape index (κ2) is 9.36. The summed E-state index contributed by atoms with van der Waals surface area (Å²) in [5, 5.41) is 15.9. The van der Waals surface area contributed by atoms with Gasteiger partial charge in [0.05, 0.1) is 11.0 Å². The zero-order valence-corrected chi connectivity index (χ0v) is 18.5. The van der Waals surface area contributed by atoms with Gasteiger partial charge < -0.3 is 20.7 Å². The number of nitrogens with one attached hydrogen (secondary N) is 3. The average molecular weight is 441 g/mol. The van der Waals surface area contributed by atoms with E-state index in [2.05, 4.69) is 27.8 Å². The first-order valence-electron chi connectivity index (χ1n) is 11.6. The molecule has 1 aliphatic carbocycles. The smallest absolute Gasteiger partial charge is 0.251 e. The first-order chi connectivity index (χ1) is 16.1. The molecule has 168 valence electrons. The van der Waals surface area contributed by atoms with Gasteiger partial charge in [0.1, 0.15) is 11.6 Å². The SMILES string of the molecule is O=C(NC1CCCCC1)c1ccc2nc(-c3ccc(CNc4ccc(O)cc4)cc3)[nH]c2c1. The monoisotopic (exact) mass is 440 g/mol. The zero-order valence-electron chi connectivity index (χ0n) is 18.5. The molecule has 0 aliphatic heterocycles. The Morgan fingerprint density at radius 1 is 0.970 bits per heavy atom. The van der Waals surface area contributed by atoms with E-state index < -0.39 is 0 Å². The Morgan fingerprint density at radius 2 is 1.73 bits per heavy atom. The summed E-state index contributed by atoms with van der Waals surface area (Å²) in [7, 11) is 0. The van der Waals surface area contributed by atoms with Crippen molar-refractivity contribution in [3.63, 3.8) is 0 Å². The van der Waals surface area contributed by atoms with Crippen LogP contribution in [0.15, 0.2) is 66.7 Å². The highest BCUT2D eigenvalue weighted by molar-refractivity contribution is 5.97. The van der Waals surface area contributed by atoms with Crippen LogP contribution in [0, 0.1) is 0 Å². The van der Waals surface area contributed by atoms with Crippen LogP contribution in [0.3, 0.4) is 0 Å². The molecule has 1 aliphatic rings. The molecule has 1 fully saturated rings. The molecule has 3 aromatic carbocycles. The fourth-order valence-electron chi connectivity index (χ4n) is 4.37. The van der Waals surface area contributed by atoms with Crippen LogP contribution < -0.4 is 10.6 Å². The summed E-state index contributed by atoms with van der Waals surface area (Å²) in [6, 6.07) is 21.2. The first-order valence-corrected chi connectivity index (χ1v) is 11.6. The molecule has 0 bridgehead atoms. The highest BCUT2D eigenvalue weighted by Gasteiger charge is 2.17. The third-order valence-electron chi connectivity index (χ3n) is 6.28. The number of aromatic nitrogens is 2. The molecule has 5 rings (SSSR count). The van der Waals surface area contributed by atoms with Crippen LogP contribution in [0.2, 0.25) is 0 Å². The number of carbonyl (C=O) groups is 1. The van der Waals surface area contributed by atoms with Crippen LogP contribution in [0.1, 0.15) is 48.0 Å². The molecule has 0 unspecified atom stereocenters. The predicted molar refractivity (Wildman–Crippen MR) is 131 cm³/mol. The number of hydrogen-bond donors (Lipinski definition) is 4. The van der Waals surface area contributed by atoms with Crippen molar-refractivity contribution in [3.8, 4) is 17.1 Å². The molecule has 1 aromatic heterocycles. The van der Waals surface area contributed by atoms with Crippen LogP contribution in [0.4, 0.5) is 5.69 Å². The van der Waals surface area contributed by atoms with E-state index in [0.717, 1.165) is 46.5 Å². The Balaban J connectivity index is 1.26. The van der Waals surface area contributed by atoms with Gasteiger partial charge in [0.15, 0.2) is 0 Å². The summed E-state index contributed by atoms with van der Waals surface area (Å²) in [5.41, 5.74) is 5.46. The lowest BCUT2D eigenvalue weighted by molar-refractivity contribution is 0.0928. The maximum Gasteiger partial charge on any atom is 0.251 e. The normalized spacial score (nSPS) is 14.3. The highest BCUT2D eigenvalue weighted by atomic mass is 16.3. The largest absolute Gasteiger partial charge is 0.508 e. The Hall–Kier alpha value is -3.80. The number of amides is 1. The van der Waals surface area contributed by atoms with Crippen molar-refractivity contribution in [1.29, 1.82) is 0 Å². The van der Waals surface area contributed by atoms with E-state index in [1.807, 2.05) is 42.5 Å². The van der Waals surface area contributed by atoms with Gasteiger partial charge >= 0.3 is 0 Å². The number of H-pyrrole nitrogens is 1. The third-order valence-corrected chi connectivity index (χ3v) is 6.28. The molecule has 0 saturated heterocycles. The minimum absolute atomic E-state index is 0.00886. The number of benzene rings is 3. The minimum Gasteiger partial charge on any atom is -0.508 e. The predicted octanol–water partition coefficient (Wildman–Crippen LogP) is 5.61. The molecule has 0 atom stereocenters. The second-order valence-corrected chi connectivity index (χ2v) is 8.72. The van der Waals surface area contributed by atoms with E-state index in [-0.39, 0.29) is 11.7 Å². The van der Waals surface area contributed by atoms with Crippen LogP contribution in [0.25, 0.3) is 22.4 Å². The van der Waals surface area contributed by atoms with Crippen LogP contribution in [-0.2, 0) is 6.54 Å². The number of fused-ring (bicyclic) bond motifs is 1. The minimum atomic E-state index is -0.00886. The molecule has 4 N–H and O–H groups in total. The van der Waals surface area contributed by atoms with Gasteiger partial charge in [-0.25, -0.2) is 4.98 Å². The highest BCUT2D eigenvalue weighted by Crippen LogP contribution is 2.23. The molecule has 33 heavy (non-hydrogen) atoms. The molecule has 1 heterocycles. The summed E-state index contributed by atoms with van der Waals surface area (Å²) in [6.07, 6.45) is 5.80. The first kappa shape index (κ1) is 21.1. The topological polar surface area (TPSA) is 90.0 Å². The summed E-state index contributed by atoms with van der Waals surface area (Å²) in [4.78, 5) is 20.8. The number of anilines is 1. The lowest BCUT2D eigenvalue weighted by atomic mass is 9.95. The number of aromatic hydroxyl groups is 1. The molecule has 4 aromatic rings. The zero-order chi connectivity index (χ0) is 22.6. The van der Waals surface area contributed by atoms with E-state index in [1.165, 1.54) is 19.3 Å². The average Bonchev–Trinajstić information content (AvgIpc) is 3.28. The number of aromatic amines is 1. The van der Waals surface area contributed by atoms with Gasteiger partial charge in [-0.2, -0.15) is 0 Å². The number of phenols is 1. The molecular formula is C27H28N4O2. The number of carbonyl (C=O) groups excluding carboxylic acids is 1. The van der Waals surface area contributed by atoms with E-state index in [1.54, 1.807) is 12.1 Å². The summed E-state index contributed by atoms with van der Waals surface area (Å²) < 4.78 is 0. The van der Waals surface area contributed by atoms with Gasteiger partial charge in [0.25, 0.3) is 5.91 Å². The van der Waals surface area contributed by atoms with E-state index in [4.69, 9.17) is 4.98 Å². The molecule has 1 saturated carbocycles. The maximum atomic E-state index is 12.7. The van der Waals surface area contributed by atoms with Crippen LogP contribution in [0.5, 0.6) is 5.75 Å². The van der Waals surface area contributed by atoms with Gasteiger partial charge in [-0.15, -0.1) is 0 Å². The molecule has 6 heteroatoms. The standard InChI is InChI=1S/C27H28N4O2/c32-23-13-11-21(12-14-23)28-17-18-6-8-19(9-7-18)26-30-24-15-10-20(16-25(24)31-26)27(33)29-22-4-2-1-3-5-22/h6-16,22,28,32H,1-5,17H2,(H,29,33)(H,30,31). The van der Waals surface area contributed by atoms with Gasteiger partial charge in [-0.05, 0) is 60.9 Å². The number of imidazole rings is 1. The molecular weight excluding hydrogens is 412 g/mol. The van der Waals surface area contributed by atoms with E-state index >= 15 is 0 Å². The van der Waals surface area contributed by atoms with Crippen molar-refractivity contribution in [2.45, 2.75) is 44.7 Å². The number of nitrogens with zero attached hydrogens (tertiary/aromatic N) is 1. The fraction of sp³-hybridized carbons (Fsp3) is 0.259. The Kier molecular flexibility index (Phi) is 5.98. The van der Waals surface area contributed by atoms with Crippen molar-refractivity contribution in [3.05, 3.63) is 77.9 Å². The van der Waals surface area contributed by atoms with Crippen LogP contribution >= 0.6 is 0 Å². The lowest BCUT2D eigenvalue weighted by Gasteiger charge is -2.22.